The fourth-order valence-electron chi connectivity index (χ4n) is 1.33. The lowest BCUT2D eigenvalue weighted by molar-refractivity contribution is 0.592. The van der Waals surface area contributed by atoms with Crippen molar-refractivity contribution in [1.82, 2.24) is 9.97 Å². The molecule has 0 aliphatic carbocycles. The summed E-state index contributed by atoms with van der Waals surface area (Å²) < 4.78 is 39.2. The van der Waals surface area contributed by atoms with Crippen LogP contribution in [0.1, 0.15) is 5.56 Å². The second kappa shape index (κ2) is 4.69. The lowest BCUT2D eigenvalue weighted by Gasteiger charge is -2.09. The largest absolute Gasteiger partial charge is 0.279 e. The van der Waals surface area contributed by atoms with E-state index in [0.717, 1.165) is 18.5 Å². The van der Waals surface area contributed by atoms with Crippen LogP contribution in [0.5, 0.6) is 0 Å². The van der Waals surface area contributed by atoms with Crippen LogP contribution >= 0.6 is 0 Å². The highest BCUT2D eigenvalue weighted by Gasteiger charge is 2.16. The summed E-state index contributed by atoms with van der Waals surface area (Å²) in [5.41, 5.74) is 1.07. The van der Waals surface area contributed by atoms with Gasteiger partial charge in [-0.1, -0.05) is 0 Å². The Hall–Kier alpha value is -2.02. The average Bonchev–Trinajstić information content (AvgIpc) is 2.32. The summed E-state index contributed by atoms with van der Waals surface area (Å²) in [6.07, 6.45) is 5.02. The van der Waals surface area contributed by atoms with E-state index in [2.05, 4.69) is 14.7 Å². The second-order valence-corrected chi connectivity index (χ2v) is 5.32. The van der Waals surface area contributed by atoms with Gasteiger partial charge in [0.05, 0.1) is 11.9 Å². The van der Waals surface area contributed by atoms with Gasteiger partial charge in [0, 0.05) is 18.6 Å². The number of sulfonamides is 1. The van der Waals surface area contributed by atoms with Crippen molar-refractivity contribution in [3.8, 4) is 0 Å². The average molecular weight is 267 g/mol. The summed E-state index contributed by atoms with van der Waals surface area (Å²) in [7, 11) is -3.84. The molecule has 0 amide bonds. The SMILES string of the molecule is Cc1cnccc1NS(=O)(=O)c1cncc(F)c1. The molecule has 0 unspecified atom stereocenters. The number of anilines is 1. The molecule has 0 fully saturated rings. The molecule has 2 aromatic rings. The Morgan fingerprint density at radius 2 is 2.00 bits per heavy atom. The first kappa shape index (κ1) is 12.4. The van der Waals surface area contributed by atoms with E-state index in [1.165, 1.54) is 18.5 Å². The normalized spacial score (nSPS) is 11.2. The first-order chi connectivity index (χ1) is 8.49. The molecule has 0 aliphatic rings. The summed E-state index contributed by atoms with van der Waals surface area (Å²) in [6, 6.07) is 2.44. The number of rotatable bonds is 3. The van der Waals surface area contributed by atoms with E-state index in [1.807, 2.05) is 0 Å². The molecule has 0 spiro atoms. The topological polar surface area (TPSA) is 72.0 Å². The smallest absolute Gasteiger partial charge is 0.263 e. The Bertz CT molecular complexity index is 673. The number of hydrogen-bond donors (Lipinski definition) is 1. The maximum absolute atomic E-state index is 13.0. The standard InChI is InChI=1S/C11H10FN3O2S/c1-8-5-13-3-2-11(8)15-18(16,17)10-4-9(12)6-14-7-10/h2-7H,1H3,(H,13,15). The molecule has 2 rings (SSSR count). The maximum atomic E-state index is 13.0. The van der Waals surface area contributed by atoms with E-state index < -0.39 is 15.8 Å². The van der Waals surface area contributed by atoms with Gasteiger partial charge >= 0.3 is 0 Å². The van der Waals surface area contributed by atoms with Crippen molar-refractivity contribution in [1.29, 1.82) is 0 Å². The van der Waals surface area contributed by atoms with Crippen LogP contribution in [0.4, 0.5) is 10.1 Å². The Morgan fingerprint density at radius 1 is 1.22 bits per heavy atom. The summed E-state index contributed by atoms with van der Waals surface area (Å²) in [5.74, 6) is -0.704. The molecule has 5 nitrogen and oxygen atoms in total. The second-order valence-electron chi connectivity index (χ2n) is 3.63. The number of aryl methyl sites for hydroxylation is 1. The minimum absolute atomic E-state index is 0.223. The Kier molecular flexibility index (Phi) is 3.24. The molecule has 0 aromatic carbocycles. The van der Waals surface area contributed by atoms with Crippen LogP contribution in [0, 0.1) is 12.7 Å². The van der Waals surface area contributed by atoms with Crippen LogP contribution in [0.25, 0.3) is 0 Å². The van der Waals surface area contributed by atoms with Gasteiger partial charge in [0.2, 0.25) is 0 Å². The van der Waals surface area contributed by atoms with Gasteiger partial charge in [0.15, 0.2) is 0 Å². The van der Waals surface area contributed by atoms with Crippen molar-refractivity contribution in [2.24, 2.45) is 0 Å². The minimum Gasteiger partial charge on any atom is -0.279 e. The molecular formula is C11H10FN3O2S. The zero-order chi connectivity index (χ0) is 13.2. The van der Waals surface area contributed by atoms with Crippen molar-refractivity contribution < 1.29 is 12.8 Å². The van der Waals surface area contributed by atoms with Gasteiger partial charge < -0.3 is 0 Å². The van der Waals surface area contributed by atoms with Gasteiger partial charge in [-0.3, -0.25) is 14.7 Å². The molecular weight excluding hydrogens is 257 g/mol. The number of aromatic nitrogens is 2. The molecule has 18 heavy (non-hydrogen) atoms. The van der Waals surface area contributed by atoms with E-state index in [4.69, 9.17) is 0 Å². The molecule has 94 valence electrons. The Balaban J connectivity index is 2.37. The predicted molar refractivity (Wildman–Crippen MR) is 64.0 cm³/mol. The lowest BCUT2D eigenvalue weighted by Crippen LogP contribution is -2.14. The molecule has 0 bridgehead atoms. The highest BCUT2D eigenvalue weighted by Crippen LogP contribution is 2.18. The monoisotopic (exact) mass is 267 g/mol. The molecule has 0 aliphatic heterocycles. The van der Waals surface area contributed by atoms with E-state index in [-0.39, 0.29) is 4.90 Å². The third kappa shape index (κ3) is 2.62. The summed E-state index contributed by atoms with van der Waals surface area (Å²) >= 11 is 0. The molecule has 2 heterocycles. The maximum Gasteiger partial charge on any atom is 0.263 e. The molecule has 0 saturated heterocycles. The lowest BCUT2D eigenvalue weighted by atomic mass is 10.3. The highest BCUT2D eigenvalue weighted by molar-refractivity contribution is 7.92. The fraction of sp³-hybridized carbons (Fsp3) is 0.0909. The van der Waals surface area contributed by atoms with Crippen LogP contribution < -0.4 is 4.72 Å². The van der Waals surface area contributed by atoms with E-state index >= 15 is 0 Å². The van der Waals surface area contributed by atoms with E-state index in [0.29, 0.717) is 11.3 Å². The molecule has 0 atom stereocenters. The van der Waals surface area contributed by atoms with Crippen LogP contribution in [0.15, 0.2) is 41.8 Å². The van der Waals surface area contributed by atoms with Crippen LogP contribution in [-0.4, -0.2) is 18.4 Å². The van der Waals surface area contributed by atoms with Gasteiger partial charge in [-0.2, -0.15) is 0 Å². The zero-order valence-electron chi connectivity index (χ0n) is 9.46. The minimum atomic E-state index is -3.84. The van der Waals surface area contributed by atoms with Crippen molar-refractivity contribution in [2.75, 3.05) is 4.72 Å². The van der Waals surface area contributed by atoms with Gasteiger partial charge in [-0.25, -0.2) is 12.8 Å². The number of halogens is 1. The van der Waals surface area contributed by atoms with Crippen LogP contribution in [0.2, 0.25) is 0 Å². The molecule has 0 saturated carbocycles. The third-order valence-electron chi connectivity index (χ3n) is 2.25. The molecule has 0 radical (unpaired) electrons. The van der Waals surface area contributed by atoms with E-state index in [9.17, 15) is 12.8 Å². The number of hydrogen-bond acceptors (Lipinski definition) is 4. The van der Waals surface area contributed by atoms with Crippen LogP contribution in [-0.2, 0) is 10.0 Å². The molecule has 7 heteroatoms. The molecule has 1 N–H and O–H groups in total. The first-order valence-corrected chi connectivity index (χ1v) is 6.51. The summed E-state index contributed by atoms with van der Waals surface area (Å²) in [6.45, 7) is 1.72. The van der Waals surface area contributed by atoms with Gasteiger partial charge in [-0.15, -0.1) is 0 Å². The fourth-order valence-corrected chi connectivity index (χ4v) is 2.43. The van der Waals surface area contributed by atoms with Crippen molar-refractivity contribution in [3.63, 3.8) is 0 Å². The molecule has 2 aromatic heterocycles. The summed E-state index contributed by atoms with van der Waals surface area (Å²) in [5, 5.41) is 0. The van der Waals surface area contributed by atoms with Crippen molar-refractivity contribution in [3.05, 3.63) is 48.3 Å². The summed E-state index contributed by atoms with van der Waals surface area (Å²) in [4.78, 5) is 7.14. The van der Waals surface area contributed by atoms with E-state index in [1.54, 1.807) is 6.92 Å². The van der Waals surface area contributed by atoms with Gasteiger partial charge in [-0.05, 0) is 24.6 Å². The van der Waals surface area contributed by atoms with Crippen LogP contribution in [0.3, 0.4) is 0 Å². The van der Waals surface area contributed by atoms with Gasteiger partial charge in [0.1, 0.15) is 10.7 Å². The predicted octanol–water partition coefficient (Wildman–Crippen LogP) is 1.72. The highest BCUT2D eigenvalue weighted by atomic mass is 32.2. The Labute approximate surface area is 104 Å². The quantitative estimate of drug-likeness (QED) is 0.919. The third-order valence-corrected chi connectivity index (χ3v) is 3.59. The van der Waals surface area contributed by atoms with Crippen molar-refractivity contribution in [2.45, 2.75) is 11.8 Å². The first-order valence-electron chi connectivity index (χ1n) is 5.03. The number of nitrogens with one attached hydrogen (secondary N) is 1. The number of pyridine rings is 2. The number of nitrogens with zero attached hydrogens (tertiary/aromatic N) is 2. The Morgan fingerprint density at radius 3 is 2.67 bits per heavy atom. The zero-order valence-corrected chi connectivity index (χ0v) is 10.3. The van der Waals surface area contributed by atoms with Crippen molar-refractivity contribution >= 4 is 15.7 Å². The van der Waals surface area contributed by atoms with Gasteiger partial charge in [0.25, 0.3) is 10.0 Å².